The first-order valence-corrected chi connectivity index (χ1v) is 7.44. The van der Waals surface area contributed by atoms with E-state index in [0.717, 1.165) is 11.1 Å². The predicted octanol–water partition coefficient (Wildman–Crippen LogP) is 2.60. The number of allylic oxidation sites excluding steroid dienone is 1. The van der Waals surface area contributed by atoms with Gasteiger partial charge in [0.2, 0.25) is 0 Å². The molecule has 0 bridgehead atoms. The largest absolute Gasteiger partial charge is 0.507 e. The molecule has 0 radical (unpaired) electrons. The summed E-state index contributed by atoms with van der Waals surface area (Å²) in [7, 11) is 0. The molecule has 1 aromatic heterocycles. The summed E-state index contributed by atoms with van der Waals surface area (Å²) in [5.41, 5.74) is 0.356. The Kier molecular flexibility index (Phi) is 4.59. The van der Waals surface area contributed by atoms with E-state index in [1.54, 1.807) is 12.1 Å². The summed E-state index contributed by atoms with van der Waals surface area (Å²) in [4.78, 5) is 23.9. The van der Waals surface area contributed by atoms with Crippen molar-refractivity contribution in [2.75, 3.05) is 13.2 Å². The van der Waals surface area contributed by atoms with E-state index in [2.05, 4.69) is 0 Å². The van der Waals surface area contributed by atoms with E-state index in [9.17, 15) is 14.7 Å². The molecule has 1 fully saturated rings. The van der Waals surface area contributed by atoms with Crippen LogP contribution in [0.25, 0.3) is 6.08 Å². The molecule has 0 atom stereocenters. The molecular formula is C18H16O6. The van der Waals surface area contributed by atoms with E-state index in [1.165, 1.54) is 19.1 Å². The van der Waals surface area contributed by atoms with Gasteiger partial charge in [-0.05, 0) is 24.6 Å². The fraction of sp³-hybridized carbons (Fsp3) is 0.222. The van der Waals surface area contributed by atoms with Crippen LogP contribution < -0.4 is 5.63 Å². The zero-order chi connectivity index (χ0) is 17.1. The fourth-order valence-corrected chi connectivity index (χ4v) is 2.44. The molecule has 6 heteroatoms. The molecule has 0 amide bonds. The van der Waals surface area contributed by atoms with Gasteiger partial charge in [-0.3, -0.25) is 4.79 Å². The zero-order valence-corrected chi connectivity index (χ0v) is 13.0. The topological polar surface area (TPSA) is 86.0 Å². The number of carbonyl (C=O) groups excluding carboxylic acids is 1. The summed E-state index contributed by atoms with van der Waals surface area (Å²) in [5, 5.41) is 9.78. The number of rotatable bonds is 4. The molecule has 1 aliphatic rings. The van der Waals surface area contributed by atoms with E-state index in [-0.39, 0.29) is 17.1 Å². The van der Waals surface area contributed by atoms with E-state index in [0.29, 0.717) is 13.2 Å². The lowest BCUT2D eigenvalue weighted by Gasteiger charge is -2.09. The molecule has 6 nitrogen and oxygen atoms in total. The summed E-state index contributed by atoms with van der Waals surface area (Å²) in [6.07, 6.45) is 2.37. The summed E-state index contributed by atoms with van der Waals surface area (Å²) < 4.78 is 15.7. The first-order chi connectivity index (χ1) is 11.5. The van der Waals surface area contributed by atoms with Gasteiger partial charge in [0, 0.05) is 11.6 Å². The van der Waals surface area contributed by atoms with Crippen LogP contribution in [-0.2, 0) is 9.47 Å². The fourth-order valence-electron chi connectivity index (χ4n) is 2.44. The molecule has 0 unspecified atom stereocenters. The normalized spacial score (nSPS) is 15.2. The second-order valence-corrected chi connectivity index (χ2v) is 5.35. The average molecular weight is 328 g/mol. The second kappa shape index (κ2) is 6.82. The molecule has 124 valence electrons. The van der Waals surface area contributed by atoms with Crippen molar-refractivity contribution in [1.29, 1.82) is 0 Å². The predicted molar refractivity (Wildman–Crippen MR) is 85.8 cm³/mol. The number of ketones is 1. The highest BCUT2D eigenvalue weighted by Gasteiger charge is 2.18. The van der Waals surface area contributed by atoms with Gasteiger partial charge >= 0.3 is 5.63 Å². The minimum atomic E-state index is -0.858. The van der Waals surface area contributed by atoms with Crippen molar-refractivity contribution < 1.29 is 23.8 Å². The molecule has 2 aromatic rings. The van der Waals surface area contributed by atoms with E-state index < -0.39 is 17.7 Å². The number of aryl methyl sites for hydroxylation is 1. The second-order valence-electron chi connectivity index (χ2n) is 5.35. The van der Waals surface area contributed by atoms with Crippen LogP contribution in [0.2, 0.25) is 0 Å². The Morgan fingerprint density at radius 1 is 1.25 bits per heavy atom. The first kappa shape index (κ1) is 16.2. The number of carbonyl (C=O) groups is 1. The number of hydrogen-bond donors (Lipinski definition) is 1. The first-order valence-electron chi connectivity index (χ1n) is 7.44. The number of benzene rings is 1. The van der Waals surface area contributed by atoms with Gasteiger partial charge in [-0.15, -0.1) is 0 Å². The molecular weight excluding hydrogens is 312 g/mol. The Labute approximate surface area is 137 Å². The number of aromatic hydroxyl groups is 1. The standard InChI is InChI=1S/C18H16O6/c1-11-9-15(20)16(17(21)24-11)14(19)6-5-12-3-2-4-13(10-12)18-22-7-8-23-18/h2-6,9-10,18,20H,7-8H2,1H3/b6-5+. The maximum Gasteiger partial charge on any atom is 0.351 e. The Morgan fingerprint density at radius 3 is 2.71 bits per heavy atom. The third-order valence-corrected chi connectivity index (χ3v) is 3.53. The van der Waals surface area contributed by atoms with E-state index >= 15 is 0 Å². The molecule has 2 heterocycles. The Balaban J connectivity index is 1.82. The minimum Gasteiger partial charge on any atom is -0.507 e. The molecule has 0 saturated carbocycles. The van der Waals surface area contributed by atoms with Crippen molar-refractivity contribution in [3.05, 3.63) is 69.3 Å². The van der Waals surface area contributed by atoms with Crippen LogP contribution >= 0.6 is 0 Å². The summed E-state index contributed by atoms with van der Waals surface area (Å²) >= 11 is 0. The number of ether oxygens (including phenoxy) is 2. The van der Waals surface area contributed by atoms with Crippen LogP contribution in [0.15, 0.2) is 45.6 Å². The van der Waals surface area contributed by atoms with Crippen molar-refractivity contribution >= 4 is 11.9 Å². The minimum absolute atomic E-state index is 0.238. The molecule has 0 aliphatic carbocycles. The van der Waals surface area contributed by atoms with Gasteiger partial charge in [0.25, 0.3) is 0 Å². The van der Waals surface area contributed by atoms with Crippen molar-refractivity contribution in [1.82, 2.24) is 0 Å². The van der Waals surface area contributed by atoms with Crippen molar-refractivity contribution in [3.63, 3.8) is 0 Å². The molecule has 3 rings (SSSR count). The molecule has 1 saturated heterocycles. The van der Waals surface area contributed by atoms with Crippen molar-refractivity contribution in [2.45, 2.75) is 13.2 Å². The highest BCUT2D eigenvalue weighted by atomic mass is 16.7. The zero-order valence-electron chi connectivity index (χ0n) is 13.0. The molecule has 1 aromatic carbocycles. The lowest BCUT2D eigenvalue weighted by Crippen LogP contribution is -2.12. The van der Waals surface area contributed by atoms with Gasteiger partial charge in [0.05, 0.1) is 13.2 Å². The van der Waals surface area contributed by atoms with Crippen LogP contribution in [0.3, 0.4) is 0 Å². The Hall–Kier alpha value is -2.70. The van der Waals surface area contributed by atoms with Crippen LogP contribution in [0.4, 0.5) is 0 Å². The Bertz CT molecular complexity index is 843. The van der Waals surface area contributed by atoms with Gasteiger partial charge in [-0.1, -0.05) is 24.3 Å². The molecule has 1 N–H and O–H groups in total. The summed E-state index contributed by atoms with van der Waals surface area (Å²) in [6.45, 7) is 2.61. The quantitative estimate of drug-likeness (QED) is 0.686. The van der Waals surface area contributed by atoms with Crippen LogP contribution in [0.5, 0.6) is 5.75 Å². The Morgan fingerprint density at radius 2 is 2.00 bits per heavy atom. The van der Waals surface area contributed by atoms with Crippen molar-refractivity contribution in [3.8, 4) is 5.75 Å². The molecule has 24 heavy (non-hydrogen) atoms. The molecule has 0 spiro atoms. The third kappa shape index (κ3) is 3.45. The van der Waals surface area contributed by atoms with Gasteiger partial charge in [-0.25, -0.2) is 4.79 Å². The van der Waals surface area contributed by atoms with Crippen molar-refractivity contribution in [2.24, 2.45) is 0 Å². The van der Waals surface area contributed by atoms with Crippen LogP contribution in [0.1, 0.15) is 33.5 Å². The van der Waals surface area contributed by atoms with Crippen LogP contribution in [0, 0.1) is 6.92 Å². The molecule has 1 aliphatic heterocycles. The SMILES string of the molecule is Cc1cc(O)c(C(=O)/C=C/c2cccc(C3OCCO3)c2)c(=O)o1. The highest BCUT2D eigenvalue weighted by molar-refractivity contribution is 6.08. The summed E-state index contributed by atoms with van der Waals surface area (Å²) in [6, 6.07) is 8.56. The highest BCUT2D eigenvalue weighted by Crippen LogP contribution is 2.24. The number of hydrogen-bond acceptors (Lipinski definition) is 6. The summed E-state index contributed by atoms with van der Waals surface area (Å²) in [5.74, 6) is -0.776. The maximum absolute atomic E-state index is 12.2. The smallest absolute Gasteiger partial charge is 0.351 e. The van der Waals surface area contributed by atoms with Gasteiger partial charge in [0.15, 0.2) is 12.1 Å². The van der Waals surface area contributed by atoms with E-state index in [4.69, 9.17) is 13.9 Å². The lowest BCUT2D eigenvalue weighted by atomic mass is 10.1. The lowest BCUT2D eigenvalue weighted by molar-refractivity contribution is -0.0441. The van der Waals surface area contributed by atoms with Gasteiger partial charge < -0.3 is 19.0 Å². The van der Waals surface area contributed by atoms with E-state index in [1.807, 2.05) is 18.2 Å². The van der Waals surface area contributed by atoms with Crippen LogP contribution in [-0.4, -0.2) is 24.1 Å². The average Bonchev–Trinajstić information content (AvgIpc) is 3.07. The maximum atomic E-state index is 12.2. The monoisotopic (exact) mass is 328 g/mol. The van der Waals surface area contributed by atoms with Gasteiger partial charge in [0.1, 0.15) is 17.1 Å². The third-order valence-electron chi connectivity index (χ3n) is 3.53. The van der Waals surface area contributed by atoms with Gasteiger partial charge in [-0.2, -0.15) is 0 Å².